The van der Waals surface area contributed by atoms with Crippen LogP contribution in [-0.4, -0.2) is 15.3 Å². The van der Waals surface area contributed by atoms with Crippen LogP contribution in [0.15, 0.2) is 4.42 Å². The predicted molar refractivity (Wildman–Crippen MR) is 34.3 cm³/mol. The van der Waals surface area contributed by atoms with Crippen molar-refractivity contribution in [2.45, 2.75) is 26.4 Å². The fraction of sp³-hybridized carbons (Fsp3) is 0.667. The molecule has 0 saturated heterocycles. The minimum Gasteiger partial charge on any atom is -0.422 e. The fourth-order valence-electron chi connectivity index (χ4n) is 0.578. The Hall–Kier alpha value is -0.900. The van der Waals surface area contributed by atoms with Crippen molar-refractivity contribution < 1.29 is 9.52 Å². The maximum atomic E-state index is 8.94. The number of aryl methyl sites for hydroxylation is 1. The topological polar surface area (TPSA) is 59.2 Å². The maximum Gasteiger partial charge on any atom is 0.244 e. The summed E-state index contributed by atoms with van der Waals surface area (Å²) in [6.07, 6.45) is 0.0486. The van der Waals surface area contributed by atoms with Crippen LogP contribution in [0.4, 0.5) is 0 Å². The molecule has 1 N–H and O–H groups in total. The molecule has 0 bridgehead atoms. The van der Waals surface area contributed by atoms with Gasteiger partial charge in [0.25, 0.3) is 0 Å². The number of aliphatic hydroxyl groups is 1. The van der Waals surface area contributed by atoms with Crippen molar-refractivity contribution in [3.8, 4) is 0 Å². The molecule has 1 atom stereocenters. The molecule has 0 spiro atoms. The van der Waals surface area contributed by atoms with Crippen LogP contribution in [0.25, 0.3) is 0 Å². The molecule has 1 rings (SSSR count). The van der Waals surface area contributed by atoms with Gasteiger partial charge in [-0.25, -0.2) is 0 Å². The summed E-state index contributed by atoms with van der Waals surface area (Å²) in [5, 5.41) is 16.2. The van der Waals surface area contributed by atoms with E-state index in [9.17, 15) is 0 Å². The third-order valence-electron chi connectivity index (χ3n) is 1.14. The highest BCUT2D eigenvalue weighted by Crippen LogP contribution is 2.09. The van der Waals surface area contributed by atoms with E-state index < -0.39 is 6.10 Å². The van der Waals surface area contributed by atoms with Gasteiger partial charge in [-0.15, -0.1) is 10.2 Å². The Kier molecular flexibility index (Phi) is 2.01. The first-order valence-corrected chi connectivity index (χ1v) is 3.24. The van der Waals surface area contributed by atoms with Crippen LogP contribution < -0.4 is 0 Å². The van der Waals surface area contributed by atoms with E-state index in [1.165, 1.54) is 0 Å². The van der Waals surface area contributed by atoms with E-state index in [-0.39, 0.29) is 5.89 Å². The van der Waals surface area contributed by atoms with Crippen molar-refractivity contribution in [2.24, 2.45) is 0 Å². The van der Waals surface area contributed by atoms with E-state index in [1.54, 1.807) is 6.92 Å². The monoisotopic (exact) mass is 142 g/mol. The van der Waals surface area contributed by atoms with Gasteiger partial charge in [-0.3, -0.25) is 0 Å². The van der Waals surface area contributed by atoms with E-state index in [0.717, 1.165) is 0 Å². The highest BCUT2D eigenvalue weighted by atomic mass is 16.4. The Balaban J connectivity index is 2.78. The zero-order valence-electron chi connectivity index (χ0n) is 6.03. The Morgan fingerprint density at radius 2 is 2.30 bits per heavy atom. The first-order valence-electron chi connectivity index (χ1n) is 3.24. The van der Waals surface area contributed by atoms with Gasteiger partial charge in [0.1, 0.15) is 6.10 Å². The largest absolute Gasteiger partial charge is 0.422 e. The van der Waals surface area contributed by atoms with Crippen LogP contribution in [0.5, 0.6) is 0 Å². The van der Waals surface area contributed by atoms with Crippen molar-refractivity contribution in [1.82, 2.24) is 10.2 Å². The van der Waals surface area contributed by atoms with Gasteiger partial charge in [0.15, 0.2) is 0 Å². The number of aromatic nitrogens is 2. The summed E-state index contributed by atoms with van der Waals surface area (Å²) in [6.45, 7) is 3.51. The lowest BCUT2D eigenvalue weighted by molar-refractivity contribution is 0.161. The van der Waals surface area contributed by atoms with E-state index in [2.05, 4.69) is 10.2 Å². The van der Waals surface area contributed by atoms with Crippen LogP contribution in [0.1, 0.15) is 31.7 Å². The lowest BCUT2D eigenvalue weighted by Gasteiger charge is -1.92. The first kappa shape index (κ1) is 7.21. The second-order valence-corrected chi connectivity index (χ2v) is 2.06. The van der Waals surface area contributed by atoms with Crippen molar-refractivity contribution in [3.05, 3.63) is 11.8 Å². The molecule has 0 amide bonds. The van der Waals surface area contributed by atoms with Crippen molar-refractivity contribution in [3.63, 3.8) is 0 Å². The van der Waals surface area contributed by atoms with E-state index >= 15 is 0 Å². The molecule has 0 fully saturated rings. The zero-order valence-corrected chi connectivity index (χ0v) is 6.03. The summed E-state index contributed by atoms with van der Waals surface area (Å²) in [5.74, 6) is 0.854. The van der Waals surface area contributed by atoms with Crippen LogP contribution in [0.3, 0.4) is 0 Å². The van der Waals surface area contributed by atoms with Crippen molar-refractivity contribution in [2.75, 3.05) is 0 Å². The van der Waals surface area contributed by atoms with E-state index in [1.807, 2.05) is 6.92 Å². The highest BCUT2D eigenvalue weighted by Gasteiger charge is 2.08. The molecule has 1 aromatic heterocycles. The average molecular weight is 142 g/mol. The van der Waals surface area contributed by atoms with Crippen molar-refractivity contribution in [1.29, 1.82) is 0 Å². The molecule has 0 aromatic carbocycles. The van der Waals surface area contributed by atoms with Gasteiger partial charge in [-0.1, -0.05) is 6.92 Å². The summed E-state index contributed by atoms with van der Waals surface area (Å²) in [4.78, 5) is 0. The van der Waals surface area contributed by atoms with Crippen LogP contribution in [0, 0.1) is 0 Å². The van der Waals surface area contributed by atoms with Gasteiger partial charge in [0, 0.05) is 6.42 Å². The lowest BCUT2D eigenvalue weighted by atomic mass is 10.4. The maximum absolute atomic E-state index is 8.94. The second kappa shape index (κ2) is 2.79. The van der Waals surface area contributed by atoms with Gasteiger partial charge < -0.3 is 9.52 Å². The molecule has 10 heavy (non-hydrogen) atoms. The predicted octanol–water partition coefficient (Wildman–Crippen LogP) is 0.685. The van der Waals surface area contributed by atoms with Crippen LogP contribution in [0.2, 0.25) is 0 Å². The Morgan fingerprint density at radius 1 is 1.60 bits per heavy atom. The Labute approximate surface area is 58.9 Å². The summed E-state index contributed by atoms with van der Waals surface area (Å²) >= 11 is 0. The van der Waals surface area contributed by atoms with Crippen LogP contribution >= 0.6 is 0 Å². The Bertz CT molecular complexity index is 207. The third-order valence-corrected chi connectivity index (χ3v) is 1.14. The summed E-state index contributed by atoms with van der Waals surface area (Å²) in [6, 6.07) is 0. The molecule has 0 saturated carbocycles. The Morgan fingerprint density at radius 3 is 2.60 bits per heavy atom. The van der Waals surface area contributed by atoms with E-state index in [4.69, 9.17) is 9.52 Å². The SMILES string of the molecule is CCc1nnc(C(C)O)o1. The molecule has 0 aliphatic carbocycles. The molecule has 1 unspecified atom stereocenters. The molecule has 1 aromatic rings. The summed E-state index contributed by atoms with van der Waals surface area (Å²) in [7, 11) is 0. The smallest absolute Gasteiger partial charge is 0.244 e. The van der Waals surface area contributed by atoms with Crippen LogP contribution in [-0.2, 0) is 6.42 Å². The average Bonchev–Trinajstić information content (AvgIpc) is 2.34. The molecule has 0 aliphatic rings. The number of hydrogen-bond donors (Lipinski definition) is 1. The zero-order chi connectivity index (χ0) is 7.56. The standard InChI is InChI=1S/C6H10N2O2/c1-3-5-7-8-6(10-5)4(2)9/h4,9H,3H2,1-2H3. The summed E-state index contributed by atoms with van der Waals surface area (Å²) < 4.78 is 5.02. The molecule has 0 aliphatic heterocycles. The quantitative estimate of drug-likeness (QED) is 0.659. The highest BCUT2D eigenvalue weighted by molar-refractivity contribution is 4.83. The second-order valence-electron chi connectivity index (χ2n) is 2.06. The number of hydrogen-bond acceptors (Lipinski definition) is 4. The summed E-state index contributed by atoms with van der Waals surface area (Å²) in [5.41, 5.74) is 0. The van der Waals surface area contributed by atoms with Crippen molar-refractivity contribution >= 4 is 0 Å². The number of rotatable bonds is 2. The minimum absolute atomic E-state index is 0.289. The molecule has 0 radical (unpaired) electrons. The third kappa shape index (κ3) is 1.33. The van der Waals surface area contributed by atoms with Gasteiger partial charge in [0.05, 0.1) is 0 Å². The number of aliphatic hydroxyl groups excluding tert-OH is 1. The molecule has 4 heteroatoms. The fourth-order valence-corrected chi connectivity index (χ4v) is 0.578. The van der Waals surface area contributed by atoms with Gasteiger partial charge in [-0.05, 0) is 6.92 Å². The lowest BCUT2D eigenvalue weighted by Crippen LogP contribution is -1.89. The normalized spacial score (nSPS) is 13.5. The van der Waals surface area contributed by atoms with Gasteiger partial charge in [-0.2, -0.15) is 0 Å². The molecular formula is C6H10N2O2. The molecule has 56 valence electrons. The molecule has 1 heterocycles. The first-order chi connectivity index (χ1) is 4.74. The van der Waals surface area contributed by atoms with Gasteiger partial charge >= 0.3 is 0 Å². The van der Waals surface area contributed by atoms with E-state index in [0.29, 0.717) is 12.3 Å². The molecule has 4 nitrogen and oxygen atoms in total. The van der Waals surface area contributed by atoms with Gasteiger partial charge in [0.2, 0.25) is 11.8 Å². The molecular weight excluding hydrogens is 132 g/mol. The number of nitrogens with zero attached hydrogens (tertiary/aromatic N) is 2. The minimum atomic E-state index is -0.659.